The lowest BCUT2D eigenvalue weighted by Crippen LogP contribution is -2.12. The van der Waals surface area contributed by atoms with Crippen molar-refractivity contribution in [3.8, 4) is 5.75 Å². The highest BCUT2D eigenvalue weighted by atomic mass is 79.9. The van der Waals surface area contributed by atoms with E-state index < -0.39 is 0 Å². The highest BCUT2D eigenvalue weighted by Gasteiger charge is 2.18. The first kappa shape index (κ1) is 11.7. The summed E-state index contributed by atoms with van der Waals surface area (Å²) in [7, 11) is 0. The Labute approximate surface area is 99.6 Å². The molecule has 1 N–H and O–H groups in total. The van der Waals surface area contributed by atoms with E-state index >= 15 is 0 Å². The topological polar surface area (TPSA) is 37.3 Å². The van der Waals surface area contributed by atoms with Gasteiger partial charge in [-0.1, -0.05) is 44.0 Å². The predicted molar refractivity (Wildman–Crippen MR) is 63.5 cm³/mol. The van der Waals surface area contributed by atoms with Crippen LogP contribution < -0.4 is 0 Å². The molecule has 0 bridgehead atoms. The highest BCUT2D eigenvalue weighted by Crippen LogP contribution is 2.25. The summed E-state index contributed by atoms with van der Waals surface area (Å²) in [6, 6.07) is 5.06. The minimum absolute atomic E-state index is 0.0400. The molecule has 0 amide bonds. The van der Waals surface area contributed by atoms with Crippen molar-refractivity contribution in [1.82, 2.24) is 0 Å². The largest absolute Gasteiger partial charge is 0.507 e. The van der Waals surface area contributed by atoms with Crippen molar-refractivity contribution in [1.29, 1.82) is 0 Å². The third kappa shape index (κ3) is 2.36. The van der Waals surface area contributed by atoms with Gasteiger partial charge in [-0.15, -0.1) is 0 Å². The summed E-state index contributed by atoms with van der Waals surface area (Å²) in [5.74, 6) is -0.0594. The number of ketones is 1. The van der Waals surface area contributed by atoms with Gasteiger partial charge in [-0.3, -0.25) is 4.79 Å². The van der Waals surface area contributed by atoms with Crippen LogP contribution in [0.4, 0.5) is 0 Å². The van der Waals surface area contributed by atoms with E-state index in [0.717, 1.165) is 5.56 Å². The normalized spacial score (nSPS) is 12.5. The van der Waals surface area contributed by atoms with Gasteiger partial charge >= 0.3 is 0 Å². The lowest BCUT2D eigenvalue weighted by atomic mass is 10.0. The third-order valence-corrected chi connectivity index (χ3v) is 2.90. The molecule has 0 heterocycles. The van der Waals surface area contributed by atoms with E-state index in [9.17, 15) is 9.90 Å². The highest BCUT2D eigenvalue weighted by molar-refractivity contribution is 9.10. The minimum Gasteiger partial charge on any atom is -0.507 e. The Morgan fingerprint density at radius 2 is 2.21 bits per heavy atom. The fourth-order valence-corrected chi connectivity index (χ4v) is 1.88. The van der Waals surface area contributed by atoms with Crippen LogP contribution in [-0.2, 0) is 5.33 Å². The molecule has 1 unspecified atom stereocenters. The first-order valence-electron chi connectivity index (χ1n) is 4.13. The Balaban J connectivity index is 3.23. The maximum Gasteiger partial charge on any atom is 0.180 e. The number of hydrogen-bond donors (Lipinski definition) is 1. The molecule has 0 saturated heterocycles. The van der Waals surface area contributed by atoms with Gasteiger partial charge in [0.05, 0.1) is 10.4 Å². The molecule has 1 aromatic rings. The van der Waals surface area contributed by atoms with Crippen LogP contribution >= 0.6 is 31.9 Å². The zero-order valence-corrected chi connectivity index (χ0v) is 10.8. The summed E-state index contributed by atoms with van der Waals surface area (Å²) in [6.07, 6.45) is 0. The smallest absolute Gasteiger partial charge is 0.180 e. The minimum atomic E-state index is -0.284. The van der Waals surface area contributed by atoms with Gasteiger partial charge in [-0.2, -0.15) is 0 Å². The maximum atomic E-state index is 11.7. The van der Waals surface area contributed by atoms with Crippen LogP contribution in [0.15, 0.2) is 18.2 Å². The number of phenolic OH excluding ortho intramolecular Hbond substituents is 1. The van der Waals surface area contributed by atoms with E-state index in [1.165, 1.54) is 6.07 Å². The number of Topliss-reactive ketones (excluding diaryl/α,β-unsaturated/α-hetero) is 1. The number of halogens is 2. The fraction of sp³-hybridized carbons (Fsp3) is 0.300. The van der Waals surface area contributed by atoms with Crippen molar-refractivity contribution in [2.24, 2.45) is 0 Å². The molecule has 0 aliphatic heterocycles. The molecule has 0 saturated carbocycles. The van der Waals surface area contributed by atoms with E-state index in [1.54, 1.807) is 13.0 Å². The van der Waals surface area contributed by atoms with E-state index in [0.29, 0.717) is 10.9 Å². The second kappa shape index (κ2) is 4.94. The van der Waals surface area contributed by atoms with Crippen molar-refractivity contribution in [3.05, 3.63) is 29.3 Å². The summed E-state index contributed by atoms with van der Waals surface area (Å²) >= 11 is 6.48. The molecule has 1 rings (SSSR count). The Hall–Kier alpha value is -0.350. The van der Waals surface area contributed by atoms with Crippen LogP contribution in [0.1, 0.15) is 22.8 Å². The van der Waals surface area contributed by atoms with Gasteiger partial charge in [0.15, 0.2) is 5.78 Å². The summed E-state index contributed by atoms with van der Waals surface area (Å²) < 4.78 is 0. The van der Waals surface area contributed by atoms with Gasteiger partial charge in [0.25, 0.3) is 0 Å². The van der Waals surface area contributed by atoms with E-state index in [-0.39, 0.29) is 16.4 Å². The molecular formula is C10H10Br2O2. The van der Waals surface area contributed by atoms with Gasteiger partial charge < -0.3 is 5.11 Å². The summed E-state index contributed by atoms with van der Waals surface area (Å²) in [6.45, 7) is 1.74. The van der Waals surface area contributed by atoms with Crippen molar-refractivity contribution in [2.75, 3.05) is 0 Å². The molecule has 0 radical (unpaired) electrons. The summed E-state index contributed by atoms with van der Waals surface area (Å²) in [5.41, 5.74) is 1.20. The van der Waals surface area contributed by atoms with Crippen LogP contribution in [0.3, 0.4) is 0 Å². The van der Waals surface area contributed by atoms with Gasteiger partial charge in [-0.25, -0.2) is 0 Å². The summed E-state index contributed by atoms with van der Waals surface area (Å²) in [5, 5.41) is 10.1. The molecule has 0 aliphatic rings. The second-order valence-electron chi connectivity index (χ2n) is 2.93. The Morgan fingerprint density at radius 3 is 2.71 bits per heavy atom. The summed E-state index contributed by atoms with van der Waals surface area (Å²) in [4.78, 5) is 11.4. The number of alkyl halides is 2. The molecular weight excluding hydrogens is 312 g/mol. The van der Waals surface area contributed by atoms with Gasteiger partial charge in [0.1, 0.15) is 5.75 Å². The average molecular weight is 322 g/mol. The van der Waals surface area contributed by atoms with Crippen LogP contribution in [0.25, 0.3) is 0 Å². The molecule has 0 fully saturated rings. The van der Waals surface area contributed by atoms with Crippen LogP contribution in [0, 0.1) is 0 Å². The number of hydrogen-bond acceptors (Lipinski definition) is 2. The molecule has 2 nitrogen and oxygen atoms in total. The first-order chi connectivity index (χ1) is 6.57. The van der Waals surface area contributed by atoms with Crippen molar-refractivity contribution in [3.63, 3.8) is 0 Å². The predicted octanol–water partition coefficient (Wildman–Crippen LogP) is 3.25. The van der Waals surface area contributed by atoms with Gasteiger partial charge in [0, 0.05) is 5.33 Å². The molecule has 1 atom stereocenters. The average Bonchev–Trinajstić information content (AvgIpc) is 2.16. The second-order valence-corrected chi connectivity index (χ2v) is 4.86. The SMILES string of the molecule is CC(Br)C(=O)c1c(O)cccc1CBr. The number of carbonyl (C=O) groups excluding carboxylic acids is 1. The molecule has 0 spiro atoms. The molecule has 4 heteroatoms. The lowest BCUT2D eigenvalue weighted by Gasteiger charge is -2.09. The number of aromatic hydroxyl groups is 1. The molecule has 14 heavy (non-hydrogen) atoms. The third-order valence-electron chi connectivity index (χ3n) is 1.88. The van der Waals surface area contributed by atoms with E-state index in [1.807, 2.05) is 6.07 Å². The number of carbonyl (C=O) groups is 1. The molecule has 76 valence electrons. The zero-order valence-electron chi connectivity index (χ0n) is 7.63. The van der Waals surface area contributed by atoms with E-state index in [4.69, 9.17) is 0 Å². The maximum absolute atomic E-state index is 11.7. The van der Waals surface area contributed by atoms with Crippen molar-refractivity contribution < 1.29 is 9.90 Å². The fourth-order valence-electron chi connectivity index (χ4n) is 1.18. The van der Waals surface area contributed by atoms with Gasteiger partial charge in [0.2, 0.25) is 0 Å². The molecule has 1 aromatic carbocycles. The molecule has 0 aromatic heterocycles. The Morgan fingerprint density at radius 1 is 1.57 bits per heavy atom. The van der Waals surface area contributed by atoms with Crippen LogP contribution in [-0.4, -0.2) is 15.7 Å². The molecule has 0 aliphatic carbocycles. The number of rotatable bonds is 3. The van der Waals surface area contributed by atoms with Crippen molar-refractivity contribution >= 4 is 37.6 Å². The Kier molecular flexibility index (Phi) is 4.13. The van der Waals surface area contributed by atoms with E-state index in [2.05, 4.69) is 31.9 Å². The zero-order chi connectivity index (χ0) is 10.7. The number of phenols is 1. The quantitative estimate of drug-likeness (QED) is 0.685. The monoisotopic (exact) mass is 320 g/mol. The standard InChI is InChI=1S/C10H10Br2O2/c1-6(12)10(14)9-7(5-11)3-2-4-8(9)13/h2-4,6,13H,5H2,1H3. The van der Waals surface area contributed by atoms with Crippen LogP contribution in [0.2, 0.25) is 0 Å². The first-order valence-corrected chi connectivity index (χ1v) is 6.16. The van der Waals surface area contributed by atoms with Crippen molar-refractivity contribution in [2.45, 2.75) is 17.1 Å². The number of benzene rings is 1. The lowest BCUT2D eigenvalue weighted by molar-refractivity contribution is 0.0992. The Bertz CT molecular complexity index is 348. The van der Waals surface area contributed by atoms with Crippen LogP contribution in [0.5, 0.6) is 5.75 Å². The van der Waals surface area contributed by atoms with Gasteiger partial charge in [-0.05, 0) is 18.6 Å².